The van der Waals surface area contributed by atoms with Crippen molar-refractivity contribution in [1.82, 2.24) is 0 Å². The van der Waals surface area contributed by atoms with Crippen molar-refractivity contribution in [3.8, 4) is 5.75 Å². The highest BCUT2D eigenvalue weighted by molar-refractivity contribution is 5.86. The van der Waals surface area contributed by atoms with Gasteiger partial charge in [-0.1, -0.05) is 12.1 Å². The van der Waals surface area contributed by atoms with Crippen LogP contribution in [0, 0.1) is 0 Å². The lowest BCUT2D eigenvalue weighted by Gasteiger charge is -2.24. The zero-order chi connectivity index (χ0) is 15.1. The van der Waals surface area contributed by atoms with Crippen LogP contribution < -0.4 is 4.74 Å². The van der Waals surface area contributed by atoms with Crippen molar-refractivity contribution in [2.45, 2.75) is 56.8 Å². The summed E-state index contributed by atoms with van der Waals surface area (Å²) in [5.41, 5.74) is -0.225. The van der Waals surface area contributed by atoms with Crippen LogP contribution in [-0.2, 0) is 19.9 Å². The Balaban J connectivity index is 1.90. The molecule has 2 fully saturated rings. The lowest BCUT2D eigenvalue weighted by atomic mass is 9.75. The molecule has 21 heavy (non-hydrogen) atoms. The molecule has 1 aromatic carbocycles. The third-order valence-corrected chi connectivity index (χ3v) is 4.50. The topological polar surface area (TPSA) is 48.1 Å². The minimum Gasteiger partial charge on any atom is -0.497 e. The molecule has 2 aliphatic rings. The highest BCUT2D eigenvalue weighted by atomic mass is 16.7. The van der Waals surface area contributed by atoms with E-state index in [9.17, 15) is 4.79 Å². The van der Waals surface area contributed by atoms with Gasteiger partial charge in [-0.05, 0) is 57.2 Å². The number of esters is 1. The molecule has 0 aromatic heterocycles. The molecule has 1 aliphatic carbocycles. The zero-order valence-electron chi connectivity index (χ0n) is 12.8. The highest BCUT2D eigenvalue weighted by Crippen LogP contribution is 2.64. The van der Waals surface area contributed by atoms with E-state index in [-0.39, 0.29) is 12.1 Å². The van der Waals surface area contributed by atoms with E-state index in [0.29, 0.717) is 0 Å². The van der Waals surface area contributed by atoms with Crippen LogP contribution in [0.5, 0.6) is 5.75 Å². The van der Waals surface area contributed by atoms with E-state index < -0.39 is 11.2 Å². The fourth-order valence-corrected chi connectivity index (χ4v) is 3.44. The van der Waals surface area contributed by atoms with Crippen molar-refractivity contribution in [3.05, 3.63) is 29.8 Å². The minimum atomic E-state index is -0.774. The third kappa shape index (κ3) is 2.13. The number of hydrogen-bond donors (Lipinski definition) is 0. The van der Waals surface area contributed by atoms with Crippen LogP contribution in [0.2, 0.25) is 0 Å². The van der Waals surface area contributed by atoms with Gasteiger partial charge in [0.25, 0.3) is 0 Å². The summed E-state index contributed by atoms with van der Waals surface area (Å²) >= 11 is 0. The second-order valence-corrected chi connectivity index (χ2v) is 6.15. The summed E-state index contributed by atoms with van der Waals surface area (Å²) in [5.74, 6) is 0.593. The summed E-state index contributed by atoms with van der Waals surface area (Å²) in [4.78, 5) is 12.5. The smallest absolute Gasteiger partial charge is 0.342 e. The standard InChI is InChI=1S/C17H22O4/c1-12(2)20-15(18)17-11-5-4-10-16(17,21-17)13-6-8-14(19-3)9-7-13/h6-9,12H,4-5,10-11H2,1-3H3. The van der Waals surface area contributed by atoms with Gasteiger partial charge in [0.05, 0.1) is 13.2 Å². The van der Waals surface area contributed by atoms with Crippen molar-refractivity contribution in [1.29, 1.82) is 0 Å². The van der Waals surface area contributed by atoms with Gasteiger partial charge in [-0.3, -0.25) is 0 Å². The number of rotatable bonds is 4. The van der Waals surface area contributed by atoms with Crippen LogP contribution in [0.3, 0.4) is 0 Å². The Bertz CT molecular complexity index is 536. The average Bonchev–Trinajstić information content (AvgIpc) is 3.19. The third-order valence-electron chi connectivity index (χ3n) is 4.50. The first-order valence-electron chi connectivity index (χ1n) is 7.60. The van der Waals surface area contributed by atoms with Crippen molar-refractivity contribution >= 4 is 5.97 Å². The quantitative estimate of drug-likeness (QED) is 0.631. The molecular formula is C17H22O4. The zero-order valence-corrected chi connectivity index (χ0v) is 12.8. The minimum absolute atomic E-state index is 0.119. The number of fused-ring (bicyclic) bond motifs is 1. The normalized spacial score (nSPS) is 30.7. The molecule has 4 heteroatoms. The summed E-state index contributed by atoms with van der Waals surface area (Å²) in [5, 5.41) is 0. The van der Waals surface area contributed by atoms with Gasteiger partial charge < -0.3 is 14.2 Å². The van der Waals surface area contributed by atoms with Crippen LogP contribution >= 0.6 is 0 Å². The van der Waals surface area contributed by atoms with E-state index in [1.807, 2.05) is 38.1 Å². The molecule has 0 amide bonds. The molecule has 0 N–H and O–H groups in total. The van der Waals surface area contributed by atoms with Crippen molar-refractivity contribution < 1.29 is 19.0 Å². The maximum atomic E-state index is 12.5. The molecule has 1 heterocycles. The van der Waals surface area contributed by atoms with Gasteiger partial charge in [0.15, 0.2) is 5.60 Å². The van der Waals surface area contributed by atoms with Crippen LogP contribution in [0.4, 0.5) is 0 Å². The molecule has 114 valence electrons. The van der Waals surface area contributed by atoms with Crippen LogP contribution in [-0.4, -0.2) is 24.8 Å². The predicted octanol–water partition coefficient (Wildman–Crippen LogP) is 3.19. The predicted molar refractivity (Wildman–Crippen MR) is 78.2 cm³/mol. The first kappa shape index (κ1) is 14.4. The summed E-state index contributed by atoms with van der Waals surface area (Å²) in [7, 11) is 1.64. The van der Waals surface area contributed by atoms with Gasteiger partial charge in [0.1, 0.15) is 11.4 Å². The lowest BCUT2D eigenvalue weighted by Crippen LogP contribution is -2.38. The summed E-state index contributed by atoms with van der Waals surface area (Å²) in [6.45, 7) is 3.74. The molecule has 0 spiro atoms. The number of carbonyl (C=O) groups is 1. The van der Waals surface area contributed by atoms with E-state index >= 15 is 0 Å². The molecule has 1 saturated carbocycles. The molecule has 2 atom stereocenters. The monoisotopic (exact) mass is 290 g/mol. The van der Waals surface area contributed by atoms with E-state index in [1.54, 1.807) is 7.11 Å². The van der Waals surface area contributed by atoms with E-state index in [1.165, 1.54) is 0 Å². The van der Waals surface area contributed by atoms with Crippen molar-refractivity contribution in [3.63, 3.8) is 0 Å². The molecule has 4 nitrogen and oxygen atoms in total. The molecule has 0 radical (unpaired) electrons. The Labute approximate surface area is 125 Å². The number of ether oxygens (including phenoxy) is 3. The van der Waals surface area contributed by atoms with E-state index in [0.717, 1.165) is 37.0 Å². The second-order valence-electron chi connectivity index (χ2n) is 6.15. The second kappa shape index (κ2) is 5.02. The molecule has 1 aromatic rings. The van der Waals surface area contributed by atoms with Gasteiger partial charge in [0, 0.05) is 0 Å². The number of methoxy groups -OCH3 is 1. The van der Waals surface area contributed by atoms with E-state index in [4.69, 9.17) is 14.2 Å². The Morgan fingerprint density at radius 2 is 1.86 bits per heavy atom. The fraction of sp³-hybridized carbons (Fsp3) is 0.588. The Morgan fingerprint density at radius 1 is 1.19 bits per heavy atom. The van der Waals surface area contributed by atoms with Crippen LogP contribution in [0.25, 0.3) is 0 Å². The van der Waals surface area contributed by atoms with Crippen molar-refractivity contribution in [2.24, 2.45) is 0 Å². The average molecular weight is 290 g/mol. The summed E-state index contributed by atoms with van der Waals surface area (Å²) < 4.78 is 16.7. The lowest BCUT2D eigenvalue weighted by molar-refractivity contribution is -0.154. The van der Waals surface area contributed by atoms with Crippen molar-refractivity contribution in [2.75, 3.05) is 7.11 Å². The molecule has 1 saturated heterocycles. The number of epoxide rings is 1. The van der Waals surface area contributed by atoms with Crippen LogP contribution in [0.15, 0.2) is 24.3 Å². The van der Waals surface area contributed by atoms with Crippen LogP contribution in [0.1, 0.15) is 45.1 Å². The largest absolute Gasteiger partial charge is 0.497 e. The Hall–Kier alpha value is -1.55. The number of benzene rings is 1. The Kier molecular flexibility index (Phi) is 3.44. The van der Waals surface area contributed by atoms with Gasteiger partial charge in [0.2, 0.25) is 0 Å². The number of carbonyl (C=O) groups excluding carboxylic acids is 1. The maximum absolute atomic E-state index is 12.5. The molecule has 2 unspecified atom stereocenters. The maximum Gasteiger partial charge on any atom is 0.342 e. The molecular weight excluding hydrogens is 268 g/mol. The van der Waals surface area contributed by atoms with E-state index in [2.05, 4.69) is 0 Å². The molecule has 3 rings (SSSR count). The summed E-state index contributed by atoms with van der Waals surface area (Å²) in [6.07, 6.45) is 3.57. The SMILES string of the molecule is COc1ccc(C23CCCCC2(C(=O)OC(C)C)O3)cc1. The first-order valence-corrected chi connectivity index (χ1v) is 7.60. The molecule has 0 bridgehead atoms. The highest BCUT2D eigenvalue weighted by Gasteiger charge is 2.76. The van der Waals surface area contributed by atoms with Gasteiger partial charge in [-0.15, -0.1) is 0 Å². The first-order chi connectivity index (χ1) is 10.0. The number of hydrogen-bond acceptors (Lipinski definition) is 4. The van der Waals surface area contributed by atoms with Gasteiger partial charge in [-0.25, -0.2) is 4.79 Å². The Morgan fingerprint density at radius 3 is 2.48 bits per heavy atom. The summed E-state index contributed by atoms with van der Waals surface area (Å²) in [6, 6.07) is 7.82. The fourth-order valence-electron chi connectivity index (χ4n) is 3.44. The molecule has 1 aliphatic heterocycles. The van der Waals surface area contributed by atoms with Gasteiger partial charge >= 0.3 is 5.97 Å². The van der Waals surface area contributed by atoms with Gasteiger partial charge in [-0.2, -0.15) is 0 Å².